The van der Waals surface area contributed by atoms with Crippen LogP contribution in [0.1, 0.15) is 10.4 Å². The predicted octanol–water partition coefficient (Wildman–Crippen LogP) is 1.28. The van der Waals surface area contributed by atoms with E-state index in [9.17, 15) is 4.79 Å². The number of carbonyl (C=O) groups excluding carboxylic acids is 1. The Bertz CT molecular complexity index is 281. The molecule has 0 heterocycles. The van der Waals surface area contributed by atoms with Gasteiger partial charge in [-0.3, -0.25) is 0 Å². The molecule has 0 aliphatic carbocycles. The van der Waals surface area contributed by atoms with E-state index in [4.69, 9.17) is 4.74 Å². The summed E-state index contributed by atoms with van der Waals surface area (Å²) in [6.45, 7) is 0. The lowest BCUT2D eigenvalue weighted by molar-refractivity contribution is 0.0596. The molecule has 3 heteroatoms. The Labute approximate surface area is 70.9 Å². The van der Waals surface area contributed by atoms with Crippen LogP contribution in [-0.2, 0) is 4.74 Å². The molecule has 0 saturated heterocycles. The first-order chi connectivity index (χ1) is 5.79. The largest absolute Gasteiger partial charge is 0.496 e. The van der Waals surface area contributed by atoms with Crippen molar-refractivity contribution in [1.82, 2.24) is 0 Å². The molecule has 0 aliphatic rings. The average Bonchev–Trinajstić information content (AvgIpc) is 2.16. The molecule has 0 spiro atoms. The maximum Gasteiger partial charge on any atom is 0.342 e. The maximum absolute atomic E-state index is 11.1. The average molecular weight is 165 g/mol. The van der Waals surface area contributed by atoms with Gasteiger partial charge in [0.15, 0.2) is 0 Å². The molecule has 0 aromatic heterocycles. The predicted molar refractivity (Wildman–Crippen MR) is 43.2 cm³/mol. The number of ether oxygens (including phenoxy) is 2. The van der Waals surface area contributed by atoms with Gasteiger partial charge in [0.25, 0.3) is 0 Å². The molecule has 1 aromatic rings. The molecule has 1 radical (unpaired) electrons. The van der Waals surface area contributed by atoms with Crippen molar-refractivity contribution < 1.29 is 14.3 Å². The standard InChI is InChI=1S/C9H9O3/c1-11-8-6-4-3-5-7(8)9(10)12-2/h3-4,6H,1-2H3. The van der Waals surface area contributed by atoms with Gasteiger partial charge in [0.2, 0.25) is 0 Å². The van der Waals surface area contributed by atoms with E-state index in [0.29, 0.717) is 11.3 Å². The van der Waals surface area contributed by atoms with Crippen molar-refractivity contribution in [3.05, 3.63) is 29.8 Å². The van der Waals surface area contributed by atoms with Crippen LogP contribution in [0.2, 0.25) is 0 Å². The molecule has 63 valence electrons. The summed E-state index contributed by atoms with van der Waals surface area (Å²) in [6.07, 6.45) is 0. The number of benzene rings is 1. The van der Waals surface area contributed by atoms with E-state index < -0.39 is 5.97 Å². The monoisotopic (exact) mass is 165 g/mol. The summed E-state index contributed by atoms with van der Waals surface area (Å²) >= 11 is 0. The highest BCUT2D eigenvalue weighted by atomic mass is 16.5. The highest BCUT2D eigenvalue weighted by molar-refractivity contribution is 5.92. The highest BCUT2D eigenvalue weighted by Crippen LogP contribution is 2.16. The van der Waals surface area contributed by atoms with Gasteiger partial charge in [-0.1, -0.05) is 12.1 Å². The number of rotatable bonds is 2. The van der Waals surface area contributed by atoms with Crippen molar-refractivity contribution in [2.75, 3.05) is 14.2 Å². The second-order valence-electron chi connectivity index (χ2n) is 2.11. The summed E-state index contributed by atoms with van der Waals surface area (Å²) in [7, 11) is 2.82. The Morgan fingerprint density at radius 2 is 2.25 bits per heavy atom. The Balaban J connectivity index is 3.04. The molecule has 0 bridgehead atoms. The fourth-order valence-electron chi connectivity index (χ4n) is 0.853. The van der Waals surface area contributed by atoms with E-state index in [2.05, 4.69) is 10.8 Å². The fourth-order valence-corrected chi connectivity index (χ4v) is 0.853. The van der Waals surface area contributed by atoms with Crippen molar-refractivity contribution in [1.29, 1.82) is 0 Å². The van der Waals surface area contributed by atoms with E-state index in [-0.39, 0.29) is 0 Å². The molecule has 3 nitrogen and oxygen atoms in total. The lowest BCUT2D eigenvalue weighted by atomic mass is 10.2. The van der Waals surface area contributed by atoms with Gasteiger partial charge in [-0.2, -0.15) is 0 Å². The third-order valence-electron chi connectivity index (χ3n) is 1.43. The molecule has 0 unspecified atom stereocenters. The van der Waals surface area contributed by atoms with E-state index >= 15 is 0 Å². The number of methoxy groups -OCH3 is 2. The minimum atomic E-state index is -0.438. The molecular weight excluding hydrogens is 156 g/mol. The number of hydrogen-bond donors (Lipinski definition) is 0. The summed E-state index contributed by atoms with van der Waals surface area (Å²) in [6, 6.07) is 7.80. The van der Waals surface area contributed by atoms with Crippen molar-refractivity contribution in [3.63, 3.8) is 0 Å². The van der Waals surface area contributed by atoms with Crippen molar-refractivity contribution in [2.24, 2.45) is 0 Å². The van der Waals surface area contributed by atoms with E-state index in [0.717, 1.165) is 0 Å². The number of carbonyl (C=O) groups is 1. The maximum atomic E-state index is 11.1. The van der Waals surface area contributed by atoms with Gasteiger partial charge >= 0.3 is 5.97 Å². The first-order valence-electron chi connectivity index (χ1n) is 3.42. The lowest BCUT2D eigenvalue weighted by Gasteiger charge is -2.04. The summed E-state index contributed by atoms with van der Waals surface area (Å²) in [5.74, 6) is 0.0387. The fraction of sp³-hybridized carbons (Fsp3) is 0.222. The molecule has 1 aromatic carbocycles. The second-order valence-corrected chi connectivity index (χ2v) is 2.11. The van der Waals surface area contributed by atoms with Gasteiger partial charge in [0.05, 0.1) is 14.2 Å². The van der Waals surface area contributed by atoms with Crippen LogP contribution in [0.3, 0.4) is 0 Å². The molecule has 0 fully saturated rings. The Morgan fingerprint density at radius 3 is 2.83 bits per heavy atom. The lowest BCUT2D eigenvalue weighted by Crippen LogP contribution is -2.03. The van der Waals surface area contributed by atoms with Crippen LogP contribution in [0, 0.1) is 6.07 Å². The quantitative estimate of drug-likeness (QED) is 0.619. The molecule has 0 atom stereocenters. The summed E-state index contributed by atoms with van der Waals surface area (Å²) in [5.41, 5.74) is 0.322. The highest BCUT2D eigenvalue weighted by Gasteiger charge is 2.10. The smallest absolute Gasteiger partial charge is 0.342 e. The van der Waals surface area contributed by atoms with Gasteiger partial charge in [-0.15, -0.1) is 0 Å². The zero-order valence-electron chi connectivity index (χ0n) is 6.96. The topological polar surface area (TPSA) is 35.5 Å². The molecule has 12 heavy (non-hydrogen) atoms. The number of esters is 1. The van der Waals surface area contributed by atoms with Gasteiger partial charge in [-0.05, 0) is 6.07 Å². The van der Waals surface area contributed by atoms with E-state index in [1.54, 1.807) is 18.2 Å². The van der Waals surface area contributed by atoms with Gasteiger partial charge in [-0.25, -0.2) is 4.79 Å². The van der Waals surface area contributed by atoms with Crippen LogP contribution < -0.4 is 4.74 Å². The Hall–Kier alpha value is -1.51. The SMILES string of the molecule is COC(=O)c1[c]cccc1OC. The van der Waals surface area contributed by atoms with E-state index in [1.165, 1.54) is 14.2 Å². The summed E-state index contributed by atoms with van der Waals surface area (Å²) in [4.78, 5) is 11.1. The molecular formula is C9H9O3. The Morgan fingerprint density at radius 1 is 1.50 bits per heavy atom. The van der Waals surface area contributed by atoms with Gasteiger partial charge in [0.1, 0.15) is 11.3 Å². The van der Waals surface area contributed by atoms with Gasteiger partial charge < -0.3 is 9.47 Å². The zero-order valence-corrected chi connectivity index (χ0v) is 6.96. The first kappa shape index (κ1) is 8.59. The third-order valence-corrected chi connectivity index (χ3v) is 1.43. The van der Waals surface area contributed by atoms with Crippen LogP contribution in [0.5, 0.6) is 5.75 Å². The van der Waals surface area contributed by atoms with Crippen molar-refractivity contribution in [3.8, 4) is 5.75 Å². The number of hydrogen-bond acceptors (Lipinski definition) is 3. The molecule has 1 rings (SSSR count). The first-order valence-corrected chi connectivity index (χ1v) is 3.42. The van der Waals surface area contributed by atoms with Crippen LogP contribution in [0.15, 0.2) is 18.2 Å². The van der Waals surface area contributed by atoms with Crippen LogP contribution in [0.25, 0.3) is 0 Å². The van der Waals surface area contributed by atoms with Crippen LogP contribution >= 0.6 is 0 Å². The summed E-state index contributed by atoms with van der Waals surface area (Å²) in [5, 5.41) is 0. The van der Waals surface area contributed by atoms with E-state index in [1.807, 2.05) is 0 Å². The molecule has 0 saturated carbocycles. The summed E-state index contributed by atoms with van der Waals surface area (Å²) < 4.78 is 9.46. The van der Waals surface area contributed by atoms with Crippen molar-refractivity contribution >= 4 is 5.97 Å². The van der Waals surface area contributed by atoms with Crippen LogP contribution in [0.4, 0.5) is 0 Å². The minimum absolute atomic E-state index is 0.322. The van der Waals surface area contributed by atoms with Crippen molar-refractivity contribution in [2.45, 2.75) is 0 Å². The normalized spacial score (nSPS) is 9.17. The molecule has 0 N–H and O–H groups in total. The second kappa shape index (κ2) is 3.76. The third kappa shape index (κ3) is 1.56. The van der Waals surface area contributed by atoms with Gasteiger partial charge in [0, 0.05) is 6.07 Å². The van der Waals surface area contributed by atoms with Crippen LogP contribution in [-0.4, -0.2) is 20.2 Å². The molecule has 0 amide bonds. The Kier molecular flexibility index (Phi) is 2.69. The zero-order chi connectivity index (χ0) is 8.97. The molecule has 0 aliphatic heterocycles. The minimum Gasteiger partial charge on any atom is -0.496 e.